The van der Waals surface area contributed by atoms with Crippen molar-refractivity contribution in [2.24, 2.45) is 0 Å². The van der Waals surface area contributed by atoms with Gasteiger partial charge in [0.1, 0.15) is 23.9 Å². The summed E-state index contributed by atoms with van der Waals surface area (Å²) >= 11 is 6.16. The summed E-state index contributed by atoms with van der Waals surface area (Å²) < 4.78 is 26.6. The van der Waals surface area contributed by atoms with Crippen molar-refractivity contribution in [1.82, 2.24) is 9.78 Å². The number of rotatable bonds is 9. The molecule has 4 aromatic rings. The lowest BCUT2D eigenvalue weighted by Crippen LogP contribution is -2.12. The van der Waals surface area contributed by atoms with Gasteiger partial charge in [0.2, 0.25) is 0 Å². The van der Waals surface area contributed by atoms with E-state index in [1.807, 2.05) is 19.1 Å². The molecule has 0 aliphatic rings. The first-order valence-corrected chi connectivity index (χ1v) is 12.2. The van der Waals surface area contributed by atoms with Crippen LogP contribution in [0.25, 0.3) is 0 Å². The average molecular weight is 510 g/mol. The van der Waals surface area contributed by atoms with E-state index in [1.54, 1.807) is 29.8 Å². The SMILES string of the molecule is CCC(C)c1ccc(OCc2ccc(C(=O)Nc3c(C)nn(Cc4ccc(F)cc4Cl)c3C)o2)cc1. The summed E-state index contributed by atoms with van der Waals surface area (Å²) in [5.41, 5.74) is 3.99. The molecule has 0 spiro atoms. The number of aromatic nitrogens is 2. The number of carbonyl (C=O) groups excluding carboxylic acids is 1. The molecule has 188 valence electrons. The van der Waals surface area contributed by atoms with Gasteiger partial charge >= 0.3 is 0 Å². The predicted octanol–water partition coefficient (Wildman–Crippen LogP) is 7.28. The van der Waals surface area contributed by atoms with Crippen molar-refractivity contribution >= 4 is 23.2 Å². The van der Waals surface area contributed by atoms with Crippen molar-refractivity contribution in [3.63, 3.8) is 0 Å². The van der Waals surface area contributed by atoms with Crippen LogP contribution in [0.2, 0.25) is 5.02 Å². The Labute approximate surface area is 215 Å². The van der Waals surface area contributed by atoms with Crippen molar-refractivity contribution in [1.29, 1.82) is 0 Å². The number of hydrogen-bond acceptors (Lipinski definition) is 4. The third-order valence-electron chi connectivity index (χ3n) is 6.28. The molecule has 2 heterocycles. The van der Waals surface area contributed by atoms with Crippen molar-refractivity contribution in [3.05, 3.63) is 99.5 Å². The number of nitrogens with zero attached hydrogens (tertiary/aromatic N) is 2. The molecule has 8 heteroatoms. The summed E-state index contributed by atoms with van der Waals surface area (Å²) in [6.07, 6.45) is 1.08. The molecule has 0 aliphatic heterocycles. The fourth-order valence-corrected chi connectivity index (χ4v) is 4.11. The van der Waals surface area contributed by atoms with Gasteiger partial charge in [-0.1, -0.05) is 43.6 Å². The molecule has 4 rings (SSSR count). The van der Waals surface area contributed by atoms with Gasteiger partial charge < -0.3 is 14.5 Å². The summed E-state index contributed by atoms with van der Waals surface area (Å²) in [5, 5.41) is 7.71. The lowest BCUT2D eigenvalue weighted by molar-refractivity contribution is 0.0992. The molecule has 0 aliphatic carbocycles. The molecule has 0 saturated heterocycles. The first-order valence-electron chi connectivity index (χ1n) is 11.9. The topological polar surface area (TPSA) is 69.3 Å². The quantitative estimate of drug-likeness (QED) is 0.257. The van der Waals surface area contributed by atoms with Crippen LogP contribution in [0.1, 0.15) is 65.0 Å². The minimum atomic E-state index is -0.396. The number of hydrogen-bond donors (Lipinski definition) is 1. The Hall–Kier alpha value is -3.58. The molecule has 1 atom stereocenters. The van der Waals surface area contributed by atoms with E-state index in [2.05, 4.69) is 36.4 Å². The van der Waals surface area contributed by atoms with Gasteiger partial charge in [-0.2, -0.15) is 5.10 Å². The number of carbonyl (C=O) groups is 1. The Bertz CT molecular complexity index is 1360. The largest absolute Gasteiger partial charge is 0.486 e. The first-order chi connectivity index (χ1) is 17.2. The van der Waals surface area contributed by atoms with Crippen LogP contribution < -0.4 is 10.1 Å². The molecular formula is C28H29ClFN3O3. The number of nitrogens with one attached hydrogen (secondary N) is 1. The van der Waals surface area contributed by atoms with Crippen LogP contribution in [0.4, 0.5) is 10.1 Å². The van der Waals surface area contributed by atoms with E-state index in [0.29, 0.717) is 34.6 Å². The van der Waals surface area contributed by atoms with Crippen molar-refractivity contribution in [3.8, 4) is 5.75 Å². The molecule has 6 nitrogen and oxygen atoms in total. The van der Waals surface area contributed by atoms with Crippen LogP contribution in [0.5, 0.6) is 5.75 Å². The van der Waals surface area contributed by atoms with Crippen LogP contribution in [-0.4, -0.2) is 15.7 Å². The summed E-state index contributed by atoms with van der Waals surface area (Å²) in [4.78, 5) is 12.8. The Morgan fingerprint density at radius 3 is 2.61 bits per heavy atom. The van der Waals surface area contributed by atoms with Gasteiger partial charge in [-0.05, 0) is 73.7 Å². The van der Waals surface area contributed by atoms with Crippen LogP contribution >= 0.6 is 11.6 Å². The van der Waals surface area contributed by atoms with Crippen LogP contribution in [0.3, 0.4) is 0 Å². The van der Waals surface area contributed by atoms with Gasteiger partial charge in [-0.15, -0.1) is 0 Å². The van der Waals surface area contributed by atoms with Crippen LogP contribution in [0, 0.1) is 19.7 Å². The number of halogens is 2. The molecule has 0 bridgehead atoms. The highest BCUT2D eigenvalue weighted by atomic mass is 35.5. The summed E-state index contributed by atoms with van der Waals surface area (Å²) in [6.45, 7) is 8.58. The third-order valence-corrected chi connectivity index (χ3v) is 6.64. The second-order valence-corrected chi connectivity index (χ2v) is 9.23. The van der Waals surface area contributed by atoms with Crippen molar-refractivity contribution in [2.45, 2.75) is 53.2 Å². The van der Waals surface area contributed by atoms with Crippen LogP contribution in [0.15, 0.2) is 59.0 Å². The monoisotopic (exact) mass is 509 g/mol. The number of furan rings is 1. The molecule has 1 unspecified atom stereocenters. The molecule has 1 amide bonds. The molecule has 2 aromatic carbocycles. The minimum Gasteiger partial charge on any atom is -0.486 e. The Kier molecular flexibility index (Phi) is 7.79. The maximum Gasteiger partial charge on any atom is 0.291 e. The maximum atomic E-state index is 13.4. The van der Waals surface area contributed by atoms with E-state index in [1.165, 1.54) is 17.7 Å². The maximum absolute atomic E-state index is 13.4. The average Bonchev–Trinajstić information content (AvgIpc) is 3.44. The van der Waals surface area contributed by atoms with E-state index >= 15 is 0 Å². The van der Waals surface area contributed by atoms with Gasteiger partial charge in [-0.25, -0.2) is 4.39 Å². The zero-order valence-corrected chi connectivity index (χ0v) is 21.5. The Balaban J connectivity index is 1.39. The lowest BCUT2D eigenvalue weighted by atomic mass is 9.99. The molecule has 36 heavy (non-hydrogen) atoms. The molecule has 0 radical (unpaired) electrons. The fraction of sp³-hybridized carbons (Fsp3) is 0.286. The highest BCUT2D eigenvalue weighted by Crippen LogP contribution is 2.25. The Morgan fingerprint density at radius 1 is 1.17 bits per heavy atom. The summed E-state index contributed by atoms with van der Waals surface area (Å²) in [5.74, 6) is 1.18. The molecular weight excluding hydrogens is 481 g/mol. The molecule has 0 saturated carbocycles. The van der Waals surface area contributed by atoms with E-state index in [0.717, 1.165) is 23.4 Å². The number of amides is 1. The van der Waals surface area contributed by atoms with E-state index < -0.39 is 5.82 Å². The fourth-order valence-electron chi connectivity index (χ4n) is 3.88. The van der Waals surface area contributed by atoms with Gasteiger partial charge in [0.05, 0.1) is 23.6 Å². The third kappa shape index (κ3) is 5.79. The number of ether oxygens (including phenoxy) is 1. The van der Waals surface area contributed by atoms with Crippen molar-refractivity contribution < 1.29 is 18.3 Å². The van der Waals surface area contributed by atoms with Crippen LogP contribution in [-0.2, 0) is 13.2 Å². The normalized spacial score (nSPS) is 11.9. The predicted molar refractivity (Wildman–Crippen MR) is 138 cm³/mol. The number of anilines is 1. The Morgan fingerprint density at radius 2 is 1.92 bits per heavy atom. The van der Waals surface area contributed by atoms with Gasteiger partial charge in [-0.3, -0.25) is 9.48 Å². The zero-order valence-electron chi connectivity index (χ0n) is 20.8. The minimum absolute atomic E-state index is 0.175. The first kappa shape index (κ1) is 25.5. The highest BCUT2D eigenvalue weighted by molar-refractivity contribution is 6.31. The lowest BCUT2D eigenvalue weighted by Gasteiger charge is -2.10. The summed E-state index contributed by atoms with van der Waals surface area (Å²) in [6, 6.07) is 15.6. The standard InChI is InChI=1S/C28H29ClFN3O3/c1-5-17(2)20-7-10-23(11-8-20)35-16-24-12-13-26(36-24)28(34)31-27-18(3)32-33(19(27)4)15-21-6-9-22(30)14-25(21)29/h6-14,17H,5,15-16H2,1-4H3,(H,31,34). The second kappa shape index (κ2) is 11.0. The van der Waals surface area contributed by atoms with E-state index in [4.69, 9.17) is 20.8 Å². The number of benzene rings is 2. The second-order valence-electron chi connectivity index (χ2n) is 8.83. The van der Waals surface area contributed by atoms with Gasteiger partial charge in [0.25, 0.3) is 5.91 Å². The van der Waals surface area contributed by atoms with E-state index in [9.17, 15) is 9.18 Å². The zero-order chi connectivity index (χ0) is 25.8. The van der Waals surface area contributed by atoms with Gasteiger partial charge in [0, 0.05) is 5.02 Å². The van der Waals surface area contributed by atoms with E-state index in [-0.39, 0.29) is 18.3 Å². The number of aryl methyl sites for hydroxylation is 1. The van der Waals surface area contributed by atoms with Crippen molar-refractivity contribution in [2.75, 3.05) is 5.32 Å². The molecule has 1 N–H and O–H groups in total. The smallest absolute Gasteiger partial charge is 0.291 e. The molecule has 2 aromatic heterocycles. The molecule has 0 fully saturated rings. The van der Waals surface area contributed by atoms with Gasteiger partial charge in [0.15, 0.2) is 5.76 Å². The highest BCUT2D eigenvalue weighted by Gasteiger charge is 2.18. The summed E-state index contributed by atoms with van der Waals surface area (Å²) in [7, 11) is 0.